The summed E-state index contributed by atoms with van der Waals surface area (Å²) in [6.45, 7) is 2.71. The Morgan fingerprint density at radius 2 is 2.44 bits per heavy atom. The summed E-state index contributed by atoms with van der Waals surface area (Å²) in [5, 5.41) is 1.23. The molecule has 1 aromatic rings. The second-order valence-corrected chi connectivity index (χ2v) is 5.03. The van der Waals surface area contributed by atoms with Gasteiger partial charge in [0.05, 0.1) is 0 Å². The summed E-state index contributed by atoms with van der Waals surface area (Å²) in [4.78, 5) is 10.8. The zero-order chi connectivity index (χ0) is 11.5. The maximum absolute atomic E-state index is 5.96. The molecule has 2 N–H and O–H groups in total. The third-order valence-electron chi connectivity index (χ3n) is 2.79. The average molecular weight is 259 g/mol. The molecule has 0 spiro atoms. The van der Waals surface area contributed by atoms with E-state index < -0.39 is 0 Å². The van der Waals surface area contributed by atoms with Crippen molar-refractivity contribution in [1.82, 2.24) is 9.97 Å². The first-order valence-corrected chi connectivity index (χ1v) is 6.86. The van der Waals surface area contributed by atoms with Crippen molar-refractivity contribution >= 4 is 29.2 Å². The molecule has 1 aliphatic rings. The van der Waals surface area contributed by atoms with Crippen LogP contribution < -0.4 is 10.6 Å². The Kier molecular flexibility index (Phi) is 3.89. The largest absolute Gasteiger partial charge is 0.356 e. The van der Waals surface area contributed by atoms with Gasteiger partial charge in [-0.1, -0.05) is 23.4 Å². The molecule has 0 aromatic carbocycles. The summed E-state index contributed by atoms with van der Waals surface area (Å²) in [5.41, 5.74) is 5.67. The number of nitrogens with zero attached hydrogens (tertiary/aromatic N) is 3. The number of rotatable bonds is 3. The van der Waals surface area contributed by atoms with E-state index in [0.29, 0.717) is 11.1 Å². The van der Waals surface area contributed by atoms with Crippen LogP contribution in [0.3, 0.4) is 0 Å². The zero-order valence-corrected chi connectivity index (χ0v) is 10.8. The molecule has 0 bridgehead atoms. The van der Waals surface area contributed by atoms with E-state index in [4.69, 9.17) is 17.3 Å². The fourth-order valence-electron chi connectivity index (χ4n) is 1.87. The molecule has 6 heteroatoms. The van der Waals surface area contributed by atoms with Crippen LogP contribution >= 0.6 is 23.4 Å². The smallest absolute Gasteiger partial charge is 0.190 e. The quantitative estimate of drug-likeness (QED) is 0.507. The minimum Gasteiger partial charge on any atom is -0.356 e. The van der Waals surface area contributed by atoms with Crippen LogP contribution in [0.25, 0.3) is 0 Å². The Morgan fingerprint density at radius 1 is 1.62 bits per heavy atom. The van der Waals surface area contributed by atoms with Gasteiger partial charge in [-0.2, -0.15) is 0 Å². The summed E-state index contributed by atoms with van der Waals surface area (Å²) < 4.78 is 0. The molecule has 0 amide bonds. The third kappa shape index (κ3) is 2.59. The number of hydrogen-bond acceptors (Lipinski definition) is 5. The molecule has 1 atom stereocenters. The van der Waals surface area contributed by atoms with Crippen LogP contribution in [0.15, 0.2) is 11.2 Å². The average Bonchev–Trinajstić information content (AvgIpc) is 2.76. The van der Waals surface area contributed by atoms with Crippen LogP contribution in [-0.2, 0) is 0 Å². The van der Waals surface area contributed by atoms with Crippen molar-refractivity contribution in [2.24, 2.45) is 11.7 Å². The predicted molar refractivity (Wildman–Crippen MR) is 68.2 cm³/mol. The molecule has 0 unspecified atom stereocenters. The standard InChI is InChI=1S/C10H15ClN4S/c1-16-10-13-8(11)4-9(14-10)15-3-2-7(5-12)6-15/h4,7H,2-3,5-6,12H2,1H3/t7-/m0/s1. The van der Waals surface area contributed by atoms with E-state index >= 15 is 0 Å². The maximum Gasteiger partial charge on any atom is 0.190 e. The van der Waals surface area contributed by atoms with Crippen molar-refractivity contribution in [2.45, 2.75) is 11.6 Å². The number of thioether (sulfide) groups is 1. The molecule has 2 heterocycles. The Hall–Kier alpha value is -0.520. The van der Waals surface area contributed by atoms with Gasteiger partial charge in [0.2, 0.25) is 0 Å². The molecule has 1 aromatic heterocycles. The van der Waals surface area contributed by atoms with Gasteiger partial charge in [0.1, 0.15) is 11.0 Å². The molecular formula is C10H15ClN4S. The first-order chi connectivity index (χ1) is 7.72. The molecule has 1 aliphatic heterocycles. The molecule has 0 saturated carbocycles. The fourth-order valence-corrected chi connectivity index (χ4v) is 2.47. The minimum atomic E-state index is 0.505. The summed E-state index contributed by atoms with van der Waals surface area (Å²) in [6, 6.07) is 1.82. The molecule has 1 fully saturated rings. The summed E-state index contributed by atoms with van der Waals surface area (Å²) in [7, 11) is 0. The van der Waals surface area contributed by atoms with Gasteiger partial charge in [0.15, 0.2) is 5.16 Å². The van der Waals surface area contributed by atoms with E-state index in [2.05, 4.69) is 14.9 Å². The first kappa shape index (κ1) is 12.0. The molecule has 0 aliphatic carbocycles. The van der Waals surface area contributed by atoms with Gasteiger partial charge in [-0.05, 0) is 25.1 Å². The van der Waals surface area contributed by atoms with E-state index in [9.17, 15) is 0 Å². The van der Waals surface area contributed by atoms with Crippen molar-refractivity contribution < 1.29 is 0 Å². The topological polar surface area (TPSA) is 55.0 Å². The van der Waals surface area contributed by atoms with Gasteiger partial charge in [-0.25, -0.2) is 9.97 Å². The highest BCUT2D eigenvalue weighted by Gasteiger charge is 2.22. The van der Waals surface area contributed by atoms with Gasteiger partial charge in [-0.15, -0.1) is 0 Å². The lowest BCUT2D eigenvalue weighted by Crippen LogP contribution is -2.23. The van der Waals surface area contributed by atoms with Crippen LogP contribution in [0.1, 0.15) is 6.42 Å². The highest BCUT2D eigenvalue weighted by molar-refractivity contribution is 7.98. The lowest BCUT2D eigenvalue weighted by molar-refractivity contribution is 0.602. The Balaban J connectivity index is 2.17. The van der Waals surface area contributed by atoms with Gasteiger partial charge in [0, 0.05) is 19.2 Å². The van der Waals surface area contributed by atoms with Crippen LogP contribution in [-0.4, -0.2) is 35.9 Å². The Bertz CT molecular complexity index is 374. The van der Waals surface area contributed by atoms with Gasteiger partial charge in [-0.3, -0.25) is 0 Å². The molecule has 88 valence electrons. The van der Waals surface area contributed by atoms with Crippen molar-refractivity contribution in [3.8, 4) is 0 Å². The van der Waals surface area contributed by atoms with E-state index in [-0.39, 0.29) is 0 Å². The number of aromatic nitrogens is 2. The summed E-state index contributed by atoms with van der Waals surface area (Å²) >= 11 is 7.47. The summed E-state index contributed by atoms with van der Waals surface area (Å²) in [5.74, 6) is 1.49. The molecule has 16 heavy (non-hydrogen) atoms. The van der Waals surface area contributed by atoms with E-state index in [1.54, 1.807) is 0 Å². The monoisotopic (exact) mass is 258 g/mol. The fraction of sp³-hybridized carbons (Fsp3) is 0.600. The molecule has 1 saturated heterocycles. The van der Waals surface area contributed by atoms with Gasteiger partial charge >= 0.3 is 0 Å². The van der Waals surface area contributed by atoms with E-state index in [1.165, 1.54) is 11.8 Å². The van der Waals surface area contributed by atoms with Crippen molar-refractivity contribution in [3.63, 3.8) is 0 Å². The van der Waals surface area contributed by atoms with Gasteiger partial charge < -0.3 is 10.6 Å². The van der Waals surface area contributed by atoms with Crippen LogP contribution in [0, 0.1) is 5.92 Å². The van der Waals surface area contributed by atoms with Crippen molar-refractivity contribution in [3.05, 3.63) is 11.2 Å². The summed E-state index contributed by atoms with van der Waals surface area (Å²) in [6.07, 6.45) is 3.08. The van der Waals surface area contributed by atoms with Crippen molar-refractivity contribution in [2.75, 3.05) is 30.8 Å². The van der Waals surface area contributed by atoms with Gasteiger partial charge in [0.25, 0.3) is 0 Å². The molecule has 2 rings (SSSR count). The number of nitrogens with two attached hydrogens (primary N) is 1. The number of hydrogen-bond donors (Lipinski definition) is 1. The lowest BCUT2D eigenvalue weighted by atomic mass is 10.1. The third-order valence-corrected chi connectivity index (χ3v) is 3.53. The number of halogens is 1. The minimum absolute atomic E-state index is 0.505. The Labute approximate surface area is 105 Å². The number of anilines is 1. The SMILES string of the molecule is CSc1nc(Cl)cc(N2CC[C@@H](CN)C2)n1. The van der Waals surface area contributed by atoms with E-state index in [0.717, 1.165) is 37.0 Å². The van der Waals surface area contributed by atoms with E-state index in [1.807, 2.05) is 12.3 Å². The molecule has 0 radical (unpaired) electrons. The second kappa shape index (κ2) is 5.21. The second-order valence-electron chi connectivity index (χ2n) is 3.87. The van der Waals surface area contributed by atoms with Crippen LogP contribution in [0.4, 0.5) is 5.82 Å². The first-order valence-electron chi connectivity index (χ1n) is 5.26. The molecular weight excluding hydrogens is 244 g/mol. The zero-order valence-electron chi connectivity index (χ0n) is 9.19. The Morgan fingerprint density at radius 3 is 3.06 bits per heavy atom. The van der Waals surface area contributed by atoms with Crippen molar-refractivity contribution in [1.29, 1.82) is 0 Å². The molecule has 4 nitrogen and oxygen atoms in total. The van der Waals surface area contributed by atoms with Crippen LogP contribution in [0.2, 0.25) is 5.15 Å². The highest BCUT2D eigenvalue weighted by Crippen LogP contribution is 2.25. The van der Waals surface area contributed by atoms with Crippen LogP contribution in [0.5, 0.6) is 0 Å². The maximum atomic E-state index is 5.96. The lowest BCUT2D eigenvalue weighted by Gasteiger charge is -2.17. The normalized spacial score (nSPS) is 20.4. The highest BCUT2D eigenvalue weighted by atomic mass is 35.5. The predicted octanol–water partition coefficient (Wildman–Crippen LogP) is 1.64.